The summed E-state index contributed by atoms with van der Waals surface area (Å²) in [6.07, 6.45) is 3.27. The standard InChI is InChI=1S/C19H21BrN2O2/c1-13-5-6-17(21-12-13)18(15-3-2-4-16(20)11-15)22-9-7-14(8-10-22)19(23)24/h2-6,11-12,14,18H,7-10H2,1H3,(H,23,24). The second-order valence-electron chi connectivity index (χ2n) is 6.37. The molecule has 1 aliphatic heterocycles. The minimum atomic E-state index is -0.679. The van der Waals surface area contributed by atoms with Gasteiger partial charge in [-0.2, -0.15) is 0 Å². The van der Waals surface area contributed by atoms with Crippen molar-refractivity contribution in [1.29, 1.82) is 0 Å². The molecule has 1 fully saturated rings. The van der Waals surface area contributed by atoms with E-state index >= 15 is 0 Å². The number of carbonyl (C=O) groups is 1. The molecule has 1 saturated heterocycles. The number of aromatic nitrogens is 1. The van der Waals surface area contributed by atoms with Crippen LogP contribution in [0.4, 0.5) is 0 Å². The summed E-state index contributed by atoms with van der Waals surface area (Å²) in [6, 6.07) is 12.5. The summed E-state index contributed by atoms with van der Waals surface area (Å²) in [7, 11) is 0. The number of halogens is 1. The van der Waals surface area contributed by atoms with Gasteiger partial charge in [-0.05, 0) is 62.2 Å². The molecule has 1 N–H and O–H groups in total. The molecule has 1 aromatic carbocycles. The second-order valence-corrected chi connectivity index (χ2v) is 7.28. The van der Waals surface area contributed by atoms with Crippen LogP contribution in [-0.2, 0) is 4.79 Å². The predicted molar refractivity (Wildman–Crippen MR) is 96.9 cm³/mol. The highest BCUT2D eigenvalue weighted by molar-refractivity contribution is 9.10. The van der Waals surface area contributed by atoms with Crippen molar-refractivity contribution in [3.8, 4) is 0 Å². The number of carboxylic acid groups (broad SMARTS) is 1. The van der Waals surface area contributed by atoms with Gasteiger partial charge in [0.1, 0.15) is 0 Å². The van der Waals surface area contributed by atoms with E-state index in [1.165, 1.54) is 5.56 Å². The predicted octanol–water partition coefficient (Wildman–Crippen LogP) is 4.04. The molecule has 0 amide bonds. The molecule has 24 heavy (non-hydrogen) atoms. The van der Waals surface area contributed by atoms with Crippen LogP contribution in [0, 0.1) is 12.8 Å². The summed E-state index contributed by atoms with van der Waals surface area (Å²) < 4.78 is 1.04. The van der Waals surface area contributed by atoms with Crippen LogP contribution in [0.5, 0.6) is 0 Å². The van der Waals surface area contributed by atoms with Crippen molar-refractivity contribution >= 4 is 21.9 Å². The SMILES string of the molecule is Cc1ccc(C(c2cccc(Br)c2)N2CCC(C(=O)O)CC2)nc1. The number of rotatable bonds is 4. The molecule has 2 heterocycles. The first-order chi connectivity index (χ1) is 11.5. The van der Waals surface area contributed by atoms with Gasteiger partial charge in [-0.3, -0.25) is 14.7 Å². The van der Waals surface area contributed by atoms with Crippen LogP contribution < -0.4 is 0 Å². The number of hydrogen-bond donors (Lipinski definition) is 1. The summed E-state index contributed by atoms with van der Waals surface area (Å²) >= 11 is 3.55. The topological polar surface area (TPSA) is 53.4 Å². The number of aliphatic carboxylic acids is 1. The molecule has 1 atom stereocenters. The Hall–Kier alpha value is -1.72. The number of benzene rings is 1. The number of aryl methyl sites for hydroxylation is 1. The minimum absolute atomic E-state index is 0.0536. The van der Waals surface area contributed by atoms with E-state index in [-0.39, 0.29) is 12.0 Å². The van der Waals surface area contributed by atoms with E-state index in [1.807, 2.05) is 25.3 Å². The van der Waals surface area contributed by atoms with Gasteiger partial charge in [0, 0.05) is 10.7 Å². The number of carboxylic acids is 1. The number of likely N-dealkylation sites (tertiary alicyclic amines) is 1. The lowest BCUT2D eigenvalue weighted by atomic mass is 9.93. The van der Waals surface area contributed by atoms with Gasteiger partial charge in [0.05, 0.1) is 17.7 Å². The fourth-order valence-corrected chi connectivity index (χ4v) is 3.71. The van der Waals surface area contributed by atoms with Gasteiger partial charge >= 0.3 is 5.97 Å². The Morgan fingerprint density at radius 3 is 2.62 bits per heavy atom. The third-order valence-electron chi connectivity index (χ3n) is 4.62. The zero-order chi connectivity index (χ0) is 17.1. The zero-order valence-corrected chi connectivity index (χ0v) is 15.2. The van der Waals surface area contributed by atoms with Crippen LogP contribution in [0.1, 0.15) is 35.7 Å². The van der Waals surface area contributed by atoms with Gasteiger partial charge in [-0.1, -0.05) is 34.1 Å². The van der Waals surface area contributed by atoms with Crippen LogP contribution in [0.2, 0.25) is 0 Å². The average Bonchev–Trinajstić information content (AvgIpc) is 2.57. The van der Waals surface area contributed by atoms with Crippen LogP contribution in [0.3, 0.4) is 0 Å². The Balaban J connectivity index is 1.91. The molecule has 4 nitrogen and oxygen atoms in total. The molecule has 5 heteroatoms. The molecule has 0 spiro atoms. The monoisotopic (exact) mass is 388 g/mol. The van der Waals surface area contributed by atoms with Crippen molar-refractivity contribution < 1.29 is 9.90 Å². The first kappa shape index (κ1) is 17.1. The maximum absolute atomic E-state index is 11.2. The van der Waals surface area contributed by atoms with Crippen molar-refractivity contribution in [2.45, 2.75) is 25.8 Å². The molecule has 2 aromatic rings. The normalized spacial score (nSPS) is 17.6. The largest absolute Gasteiger partial charge is 0.481 e. The smallest absolute Gasteiger partial charge is 0.306 e. The Kier molecular flexibility index (Phi) is 5.31. The molecular formula is C19H21BrN2O2. The van der Waals surface area contributed by atoms with Crippen LogP contribution in [-0.4, -0.2) is 34.0 Å². The van der Waals surface area contributed by atoms with E-state index in [2.05, 4.69) is 50.1 Å². The van der Waals surface area contributed by atoms with Crippen LogP contribution >= 0.6 is 15.9 Å². The van der Waals surface area contributed by atoms with E-state index in [0.29, 0.717) is 12.8 Å². The second kappa shape index (κ2) is 7.45. The van der Waals surface area contributed by atoms with Gasteiger partial charge < -0.3 is 5.11 Å². The number of nitrogens with zero attached hydrogens (tertiary/aromatic N) is 2. The lowest BCUT2D eigenvalue weighted by molar-refractivity contribution is -0.143. The molecular weight excluding hydrogens is 368 g/mol. The van der Waals surface area contributed by atoms with Gasteiger partial charge in [-0.25, -0.2) is 0 Å². The summed E-state index contributed by atoms with van der Waals surface area (Å²) in [5, 5.41) is 9.23. The maximum atomic E-state index is 11.2. The van der Waals surface area contributed by atoms with Crippen molar-refractivity contribution in [3.05, 3.63) is 63.9 Å². The van der Waals surface area contributed by atoms with E-state index in [1.54, 1.807) is 0 Å². The molecule has 126 valence electrons. The van der Waals surface area contributed by atoms with Crippen LogP contribution in [0.25, 0.3) is 0 Å². The number of hydrogen-bond acceptors (Lipinski definition) is 3. The molecule has 1 aromatic heterocycles. The number of piperidine rings is 1. The Labute approximate surface area is 150 Å². The van der Waals surface area contributed by atoms with E-state index in [0.717, 1.165) is 28.8 Å². The minimum Gasteiger partial charge on any atom is -0.481 e. The third kappa shape index (κ3) is 3.84. The van der Waals surface area contributed by atoms with E-state index in [9.17, 15) is 9.90 Å². The lowest BCUT2D eigenvalue weighted by Gasteiger charge is -2.36. The van der Waals surface area contributed by atoms with E-state index < -0.39 is 5.97 Å². The average molecular weight is 389 g/mol. The summed E-state index contributed by atoms with van der Waals surface area (Å²) in [5.74, 6) is -0.905. The Bertz CT molecular complexity index is 710. The van der Waals surface area contributed by atoms with E-state index in [4.69, 9.17) is 0 Å². The highest BCUT2D eigenvalue weighted by atomic mass is 79.9. The maximum Gasteiger partial charge on any atom is 0.306 e. The Morgan fingerprint density at radius 1 is 1.29 bits per heavy atom. The quantitative estimate of drug-likeness (QED) is 0.858. The molecule has 0 radical (unpaired) electrons. The molecule has 0 aliphatic carbocycles. The van der Waals surface area contributed by atoms with Gasteiger partial charge in [-0.15, -0.1) is 0 Å². The summed E-state index contributed by atoms with van der Waals surface area (Å²) in [5.41, 5.74) is 3.32. The summed E-state index contributed by atoms with van der Waals surface area (Å²) in [6.45, 7) is 3.57. The van der Waals surface area contributed by atoms with Crippen molar-refractivity contribution in [2.24, 2.45) is 5.92 Å². The fourth-order valence-electron chi connectivity index (χ4n) is 3.29. The molecule has 3 rings (SSSR count). The number of pyridine rings is 1. The summed E-state index contributed by atoms with van der Waals surface area (Å²) in [4.78, 5) is 18.2. The molecule has 0 saturated carbocycles. The van der Waals surface area contributed by atoms with Crippen molar-refractivity contribution in [3.63, 3.8) is 0 Å². The highest BCUT2D eigenvalue weighted by Crippen LogP contribution is 2.32. The Morgan fingerprint density at radius 2 is 2.04 bits per heavy atom. The van der Waals surface area contributed by atoms with Crippen LogP contribution in [0.15, 0.2) is 47.1 Å². The first-order valence-corrected chi connectivity index (χ1v) is 8.99. The molecule has 1 unspecified atom stereocenters. The zero-order valence-electron chi connectivity index (χ0n) is 13.7. The lowest BCUT2D eigenvalue weighted by Crippen LogP contribution is -2.39. The van der Waals surface area contributed by atoms with Gasteiger partial charge in [0.2, 0.25) is 0 Å². The highest BCUT2D eigenvalue weighted by Gasteiger charge is 2.30. The fraction of sp³-hybridized carbons (Fsp3) is 0.368. The first-order valence-electron chi connectivity index (χ1n) is 8.19. The van der Waals surface area contributed by atoms with Gasteiger partial charge in [0.15, 0.2) is 0 Å². The molecule has 1 aliphatic rings. The van der Waals surface area contributed by atoms with Gasteiger partial charge in [0.25, 0.3) is 0 Å². The van der Waals surface area contributed by atoms with Crippen molar-refractivity contribution in [2.75, 3.05) is 13.1 Å². The van der Waals surface area contributed by atoms with Crippen molar-refractivity contribution in [1.82, 2.24) is 9.88 Å². The third-order valence-corrected chi connectivity index (χ3v) is 5.12. The molecule has 0 bridgehead atoms.